The Kier molecular flexibility index (Phi) is 34.0. The Morgan fingerprint density at radius 1 is 0.462 bits per heavy atom. The molecule has 0 bridgehead atoms. The van der Waals surface area contributed by atoms with Gasteiger partial charge < -0.3 is 53.7 Å². The number of aromatic nitrogens is 1. The molecule has 0 saturated carbocycles. The molecule has 0 saturated heterocycles. The number of benzene rings is 4. The van der Waals surface area contributed by atoms with Crippen LogP contribution in [0.5, 0.6) is 46.0 Å². The van der Waals surface area contributed by atoms with E-state index in [-0.39, 0.29) is 0 Å². The van der Waals surface area contributed by atoms with E-state index in [2.05, 4.69) is 47.5 Å². The molecule has 0 aliphatic carbocycles. The lowest BCUT2D eigenvalue weighted by Gasteiger charge is -2.19. The SMILES string of the molecule is CCCCCC(C(=O)OC)C(=O)OC.CCCCCc1cc(OC)ccc1Oc1cc(OC)ccc1N.CCCCCc1ccc(OC)cc1Oc1ccc(OC)cc1NC(=O)C(CCCCC)C(=O)OC.c1ccncc1. The summed E-state index contributed by atoms with van der Waals surface area (Å²) in [6.45, 7) is 8.50. The Bertz CT molecular complexity index is 2440. The fraction of sp³-hybridized carbons (Fsp3) is 0.468. The van der Waals surface area contributed by atoms with Crippen molar-refractivity contribution in [3.8, 4) is 46.0 Å². The Balaban J connectivity index is 0.000000411. The number of amides is 1. The summed E-state index contributed by atoms with van der Waals surface area (Å²) < 4.78 is 47.6. The monoisotopic (exact) mass is 1080 g/mol. The van der Waals surface area contributed by atoms with Gasteiger partial charge in [0, 0.05) is 30.6 Å². The lowest BCUT2D eigenvalue weighted by Crippen LogP contribution is -2.30. The maximum atomic E-state index is 13.1. The first-order chi connectivity index (χ1) is 37.8. The van der Waals surface area contributed by atoms with Crippen LogP contribution >= 0.6 is 0 Å². The van der Waals surface area contributed by atoms with Gasteiger partial charge in [-0.3, -0.25) is 24.2 Å². The second-order valence-corrected chi connectivity index (χ2v) is 18.0. The number of nitrogens with one attached hydrogen (secondary N) is 1. The quantitative estimate of drug-likeness (QED) is 0.0150. The van der Waals surface area contributed by atoms with Crippen molar-refractivity contribution in [1.29, 1.82) is 0 Å². The summed E-state index contributed by atoms with van der Waals surface area (Å²) >= 11 is 0. The molecule has 5 aromatic rings. The van der Waals surface area contributed by atoms with Gasteiger partial charge in [0.1, 0.15) is 40.4 Å². The zero-order chi connectivity index (χ0) is 57.5. The first-order valence-electron chi connectivity index (χ1n) is 27.0. The van der Waals surface area contributed by atoms with Gasteiger partial charge in [0.25, 0.3) is 0 Å². The van der Waals surface area contributed by atoms with E-state index in [0.29, 0.717) is 53.0 Å². The van der Waals surface area contributed by atoms with Gasteiger partial charge in [0.2, 0.25) is 5.91 Å². The van der Waals surface area contributed by atoms with Gasteiger partial charge in [0.15, 0.2) is 17.4 Å². The fourth-order valence-electron chi connectivity index (χ4n) is 7.71. The van der Waals surface area contributed by atoms with Gasteiger partial charge in [-0.05, 0) is 110 Å². The summed E-state index contributed by atoms with van der Waals surface area (Å²) in [6.07, 6.45) is 18.6. The molecule has 1 unspecified atom stereocenters. The second-order valence-electron chi connectivity index (χ2n) is 18.0. The molecule has 78 heavy (non-hydrogen) atoms. The maximum Gasteiger partial charge on any atom is 0.320 e. The number of pyridine rings is 1. The van der Waals surface area contributed by atoms with Gasteiger partial charge in [-0.1, -0.05) is 104 Å². The number of esters is 3. The van der Waals surface area contributed by atoms with E-state index in [1.807, 2.05) is 60.7 Å². The molecule has 3 N–H and O–H groups in total. The third kappa shape index (κ3) is 24.7. The van der Waals surface area contributed by atoms with Gasteiger partial charge in [0.05, 0.1) is 61.1 Å². The zero-order valence-electron chi connectivity index (χ0n) is 48.1. The molecule has 0 aliphatic heterocycles. The number of rotatable bonds is 29. The smallest absolute Gasteiger partial charge is 0.320 e. The molecule has 0 fully saturated rings. The number of methoxy groups -OCH3 is 7. The van der Waals surface area contributed by atoms with Crippen LogP contribution in [0.15, 0.2) is 103 Å². The fourth-order valence-corrected chi connectivity index (χ4v) is 7.71. The molecule has 0 spiro atoms. The number of unbranched alkanes of at least 4 members (excludes halogenated alkanes) is 8. The van der Waals surface area contributed by atoms with Crippen molar-refractivity contribution in [1.82, 2.24) is 4.98 Å². The van der Waals surface area contributed by atoms with Crippen molar-refractivity contribution >= 4 is 35.2 Å². The highest BCUT2D eigenvalue weighted by Crippen LogP contribution is 2.38. The molecule has 0 aliphatic rings. The summed E-state index contributed by atoms with van der Waals surface area (Å²) in [5.74, 6) is 1.67. The van der Waals surface area contributed by atoms with E-state index in [9.17, 15) is 19.2 Å². The highest BCUT2D eigenvalue weighted by molar-refractivity contribution is 6.05. The lowest BCUT2D eigenvalue weighted by atomic mass is 10.00. The molecule has 1 heterocycles. The molecule has 1 amide bonds. The maximum absolute atomic E-state index is 13.1. The number of ether oxygens (including phenoxy) is 9. The Morgan fingerprint density at radius 2 is 0.897 bits per heavy atom. The number of anilines is 2. The van der Waals surface area contributed by atoms with Crippen molar-refractivity contribution in [3.63, 3.8) is 0 Å². The molecule has 1 atom stereocenters. The van der Waals surface area contributed by atoms with E-state index < -0.39 is 35.7 Å². The minimum Gasteiger partial charge on any atom is -0.497 e. The van der Waals surface area contributed by atoms with Gasteiger partial charge in [-0.15, -0.1) is 0 Å². The van der Waals surface area contributed by atoms with E-state index in [1.54, 1.807) is 71.2 Å². The van der Waals surface area contributed by atoms with Crippen molar-refractivity contribution in [2.24, 2.45) is 11.8 Å². The molecule has 1 aromatic heterocycles. The van der Waals surface area contributed by atoms with Crippen LogP contribution in [0.2, 0.25) is 0 Å². The number of nitrogen functional groups attached to an aromatic ring is 1. The van der Waals surface area contributed by atoms with Gasteiger partial charge in [-0.2, -0.15) is 0 Å². The minimum atomic E-state index is -0.896. The molecular formula is C62H87N3O13. The average Bonchev–Trinajstić information content (AvgIpc) is 3.48. The van der Waals surface area contributed by atoms with E-state index in [1.165, 1.54) is 34.2 Å². The van der Waals surface area contributed by atoms with Crippen LogP contribution in [-0.4, -0.2) is 78.6 Å². The van der Waals surface area contributed by atoms with Crippen LogP contribution in [-0.2, 0) is 46.2 Å². The van der Waals surface area contributed by atoms with E-state index in [4.69, 9.17) is 38.9 Å². The Hall–Kier alpha value is -7.49. The number of nitrogens with zero attached hydrogens (tertiary/aromatic N) is 1. The molecular weight excluding hydrogens is 995 g/mol. The largest absolute Gasteiger partial charge is 0.497 e. The predicted octanol–water partition coefficient (Wildman–Crippen LogP) is 14.0. The summed E-state index contributed by atoms with van der Waals surface area (Å²) in [5.41, 5.74) is 9.20. The number of carbonyl (C=O) groups excluding carboxylic acids is 4. The second kappa shape index (κ2) is 39.8. The number of hydrogen-bond donors (Lipinski definition) is 2. The van der Waals surface area contributed by atoms with Crippen molar-refractivity contribution < 1.29 is 61.8 Å². The van der Waals surface area contributed by atoms with Crippen LogP contribution in [0.1, 0.15) is 129 Å². The number of nitrogens with two attached hydrogens (primary N) is 1. The van der Waals surface area contributed by atoms with Gasteiger partial charge in [-0.25, -0.2) is 0 Å². The summed E-state index contributed by atoms with van der Waals surface area (Å²) in [5, 5.41) is 2.87. The number of carbonyl (C=O) groups is 4. The molecule has 16 nitrogen and oxygen atoms in total. The van der Waals surface area contributed by atoms with E-state index in [0.717, 1.165) is 105 Å². The van der Waals surface area contributed by atoms with Crippen molar-refractivity contribution in [2.75, 3.05) is 60.8 Å². The van der Waals surface area contributed by atoms with Gasteiger partial charge >= 0.3 is 17.9 Å². The molecule has 16 heteroatoms. The molecule has 0 radical (unpaired) electrons. The predicted molar refractivity (Wildman–Crippen MR) is 307 cm³/mol. The summed E-state index contributed by atoms with van der Waals surface area (Å²) in [7, 11) is 10.3. The third-order valence-electron chi connectivity index (χ3n) is 12.3. The van der Waals surface area contributed by atoms with Crippen LogP contribution in [0.4, 0.5) is 11.4 Å². The zero-order valence-corrected chi connectivity index (χ0v) is 48.1. The topological polar surface area (TPSA) is 202 Å². The van der Waals surface area contributed by atoms with Crippen LogP contribution in [0.25, 0.3) is 0 Å². The number of hydrogen-bond acceptors (Lipinski definition) is 15. The lowest BCUT2D eigenvalue weighted by molar-refractivity contribution is -0.159. The normalized spacial score (nSPS) is 10.6. The van der Waals surface area contributed by atoms with Crippen molar-refractivity contribution in [2.45, 2.75) is 130 Å². The Labute approximate surface area is 463 Å². The first kappa shape index (κ1) is 66.6. The first-order valence-corrected chi connectivity index (χ1v) is 27.0. The average molecular weight is 1080 g/mol. The minimum absolute atomic E-state index is 0.418. The molecule has 4 aromatic carbocycles. The highest BCUT2D eigenvalue weighted by atomic mass is 16.5. The summed E-state index contributed by atoms with van der Waals surface area (Å²) in [4.78, 5) is 51.6. The number of aryl methyl sites for hydroxylation is 2. The van der Waals surface area contributed by atoms with Crippen molar-refractivity contribution in [3.05, 3.63) is 115 Å². The third-order valence-corrected chi connectivity index (χ3v) is 12.3. The highest BCUT2D eigenvalue weighted by Gasteiger charge is 2.29. The van der Waals surface area contributed by atoms with E-state index >= 15 is 0 Å². The molecule has 5 rings (SSSR count). The van der Waals surface area contributed by atoms with Crippen LogP contribution < -0.4 is 39.5 Å². The Morgan fingerprint density at radius 3 is 1.40 bits per heavy atom. The standard InChI is InChI=1S/C28H39NO6.C19H25NO3.C10H18O4.C5H5N/c1-6-8-10-12-20-14-15-22(33-4)19-26(20)35-25-17-16-21(32-3)18-24(25)29-27(30)23(28(31)34-5)13-11-9-7-2;1-4-5-6-7-14-12-15(21-2)9-11-18(14)23-19-13-16(22-3)8-10-17(19)20;1-4-5-6-7-8(9(11)13-2)10(12)14-3;1-2-4-6-5-3-1/h14-19,23H,6-13H2,1-5H3,(H,29,30);8-13H,4-7,20H2,1-3H3;8H,4-7H2,1-3H3;1-5H. The van der Waals surface area contributed by atoms with Crippen LogP contribution in [0, 0.1) is 11.8 Å². The summed E-state index contributed by atoms with van der Waals surface area (Å²) in [6, 6.07) is 27.9. The molecule has 428 valence electrons. The van der Waals surface area contributed by atoms with Crippen LogP contribution in [0.3, 0.4) is 0 Å².